The molecule has 1 unspecified atom stereocenters. The molecule has 0 aliphatic carbocycles. The average molecular weight is 172 g/mol. The van der Waals surface area contributed by atoms with Crippen LogP contribution < -0.4 is 5.73 Å². The average Bonchev–Trinajstić information content (AvgIpc) is 2.02. The molecule has 12 heavy (non-hydrogen) atoms. The Morgan fingerprint density at radius 1 is 1.17 bits per heavy atom. The fraction of sp³-hybridized carbons (Fsp3) is 1.00. The van der Waals surface area contributed by atoms with Gasteiger partial charge in [0.25, 0.3) is 0 Å². The van der Waals surface area contributed by atoms with E-state index in [-0.39, 0.29) is 0 Å². The Bertz CT molecular complexity index is 102. The second kappa shape index (κ2) is 6.44. The molecular formula is C10H24N2. The Morgan fingerprint density at radius 2 is 1.75 bits per heavy atom. The minimum Gasteiger partial charge on any atom is -0.327 e. The summed E-state index contributed by atoms with van der Waals surface area (Å²) >= 11 is 0. The third kappa shape index (κ3) is 5.56. The molecule has 0 amide bonds. The standard InChI is InChI=1S/C10H24N2/c1-5-9(3)7-12(6-2)8-10(4)11/h9-10H,5-8,11H2,1-4H3/t9?,10-/m1/s1. The highest BCUT2D eigenvalue weighted by molar-refractivity contribution is 4.65. The Balaban J connectivity index is 3.66. The van der Waals surface area contributed by atoms with Crippen LogP contribution in [0.15, 0.2) is 0 Å². The molecule has 2 nitrogen and oxygen atoms in total. The van der Waals surface area contributed by atoms with Crippen LogP contribution in [0.25, 0.3) is 0 Å². The van der Waals surface area contributed by atoms with Crippen molar-refractivity contribution in [3.63, 3.8) is 0 Å². The first-order chi connectivity index (χ1) is 5.60. The van der Waals surface area contributed by atoms with Gasteiger partial charge in [-0.15, -0.1) is 0 Å². The maximum atomic E-state index is 5.74. The van der Waals surface area contributed by atoms with Crippen LogP contribution in [0.5, 0.6) is 0 Å². The summed E-state index contributed by atoms with van der Waals surface area (Å²) in [6.45, 7) is 12.1. The highest BCUT2D eigenvalue weighted by Gasteiger charge is 2.08. The minimum atomic E-state index is 0.300. The van der Waals surface area contributed by atoms with Gasteiger partial charge in [-0.2, -0.15) is 0 Å². The topological polar surface area (TPSA) is 29.3 Å². The molecule has 0 aliphatic rings. The predicted octanol–water partition coefficient (Wildman–Crippen LogP) is 1.70. The zero-order valence-electron chi connectivity index (χ0n) is 9.01. The predicted molar refractivity (Wildman–Crippen MR) is 55.2 cm³/mol. The largest absolute Gasteiger partial charge is 0.327 e. The summed E-state index contributed by atoms with van der Waals surface area (Å²) in [6.07, 6.45) is 1.26. The first-order valence-corrected chi connectivity index (χ1v) is 5.08. The molecule has 0 aliphatic heterocycles. The van der Waals surface area contributed by atoms with Gasteiger partial charge in [0, 0.05) is 19.1 Å². The summed E-state index contributed by atoms with van der Waals surface area (Å²) < 4.78 is 0. The minimum absolute atomic E-state index is 0.300. The van der Waals surface area contributed by atoms with E-state index in [0.717, 1.165) is 19.0 Å². The van der Waals surface area contributed by atoms with Crippen LogP contribution in [0.3, 0.4) is 0 Å². The van der Waals surface area contributed by atoms with Gasteiger partial charge in [-0.05, 0) is 19.4 Å². The van der Waals surface area contributed by atoms with Crippen LogP contribution in [0.4, 0.5) is 0 Å². The van der Waals surface area contributed by atoms with Crippen molar-refractivity contribution < 1.29 is 0 Å². The molecule has 2 N–H and O–H groups in total. The summed E-state index contributed by atoms with van der Waals surface area (Å²) in [6, 6.07) is 0.300. The van der Waals surface area contributed by atoms with E-state index < -0.39 is 0 Å². The molecule has 2 atom stereocenters. The van der Waals surface area contributed by atoms with E-state index in [1.54, 1.807) is 0 Å². The van der Waals surface area contributed by atoms with Crippen LogP contribution in [-0.4, -0.2) is 30.6 Å². The molecular weight excluding hydrogens is 148 g/mol. The van der Waals surface area contributed by atoms with Crippen molar-refractivity contribution in [3.05, 3.63) is 0 Å². The van der Waals surface area contributed by atoms with Crippen LogP contribution in [0.2, 0.25) is 0 Å². The molecule has 0 spiro atoms. The van der Waals surface area contributed by atoms with Gasteiger partial charge in [0.15, 0.2) is 0 Å². The Hall–Kier alpha value is -0.0800. The van der Waals surface area contributed by atoms with Crippen LogP contribution in [-0.2, 0) is 0 Å². The lowest BCUT2D eigenvalue weighted by Gasteiger charge is -2.25. The Labute approximate surface area is 77.1 Å². The van der Waals surface area contributed by atoms with Gasteiger partial charge in [0.05, 0.1) is 0 Å². The molecule has 0 radical (unpaired) electrons. The number of rotatable bonds is 6. The van der Waals surface area contributed by atoms with E-state index in [0.29, 0.717) is 6.04 Å². The fourth-order valence-corrected chi connectivity index (χ4v) is 1.31. The van der Waals surface area contributed by atoms with Gasteiger partial charge in [-0.3, -0.25) is 0 Å². The Kier molecular flexibility index (Phi) is 6.39. The molecule has 0 heterocycles. The zero-order valence-corrected chi connectivity index (χ0v) is 9.01. The third-order valence-electron chi connectivity index (χ3n) is 2.26. The van der Waals surface area contributed by atoms with Crippen molar-refractivity contribution in [2.45, 2.75) is 40.2 Å². The monoisotopic (exact) mass is 172 g/mol. The van der Waals surface area contributed by atoms with Crippen LogP contribution >= 0.6 is 0 Å². The number of nitrogens with two attached hydrogens (primary N) is 1. The molecule has 0 aromatic carbocycles. The summed E-state index contributed by atoms with van der Waals surface area (Å²) in [4.78, 5) is 2.43. The zero-order chi connectivity index (χ0) is 9.56. The molecule has 0 aromatic heterocycles. The lowest BCUT2D eigenvalue weighted by molar-refractivity contribution is 0.236. The Morgan fingerprint density at radius 3 is 2.08 bits per heavy atom. The molecule has 0 bridgehead atoms. The second-order valence-electron chi connectivity index (χ2n) is 3.84. The van der Waals surface area contributed by atoms with Gasteiger partial charge < -0.3 is 10.6 Å². The highest BCUT2D eigenvalue weighted by atomic mass is 15.1. The van der Waals surface area contributed by atoms with Gasteiger partial charge in [-0.1, -0.05) is 27.2 Å². The van der Waals surface area contributed by atoms with Gasteiger partial charge in [0.2, 0.25) is 0 Å². The summed E-state index contributed by atoms with van der Waals surface area (Å²) in [5.74, 6) is 0.795. The van der Waals surface area contributed by atoms with Gasteiger partial charge >= 0.3 is 0 Å². The van der Waals surface area contributed by atoms with Crippen molar-refractivity contribution in [2.24, 2.45) is 11.7 Å². The number of hydrogen-bond donors (Lipinski definition) is 1. The SMILES string of the molecule is CCC(C)CN(CC)C[C@@H](C)N. The third-order valence-corrected chi connectivity index (χ3v) is 2.26. The number of likely N-dealkylation sites (N-methyl/N-ethyl adjacent to an activating group) is 1. The molecule has 2 heteroatoms. The van der Waals surface area contributed by atoms with E-state index in [4.69, 9.17) is 5.73 Å². The smallest absolute Gasteiger partial charge is 0.0139 e. The summed E-state index contributed by atoms with van der Waals surface area (Å²) in [5, 5.41) is 0. The fourth-order valence-electron chi connectivity index (χ4n) is 1.31. The number of nitrogens with zero attached hydrogens (tertiary/aromatic N) is 1. The molecule has 74 valence electrons. The molecule has 0 aromatic rings. The van der Waals surface area contributed by atoms with E-state index in [9.17, 15) is 0 Å². The maximum Gasteiger partial charge on any atom is 0.0139 e. The van der Waals surface area contributed by atoms with Crippen molar-refractivity contribution in [3.8, 4) is 0 Å². The van der Waals surface area contributed by atoms with E-state index in [1.165, 1.54) is 13.0 Å². The van der Waals surface area contributed by atoms with Gasteiger partial charge in [0.1, 0.15) is 0 Å². The first kappa shape index (κ1) is 11.9. The van der Waals surface area contributed by atoms with Crippen LogP contribution in [0, 0.1) is 5.92 Å². The lowest BCUT2D eigenvalue weighted by Crippen LogP contribution is -2.37. The molecule has 0 fully saturated rings. The number of hydrogen-bond acceptors (Lipinski definition) is 2. The van der Waals surface area contributed by atoms with Crippen molar-refractivity contribution in [1.82, 2.24) is 4.90 Å². The highest BCUT2D eigenvalue weighted by Crippen LogP contribution is 2.03. The first-order valence-electron chi connectivity index (χ1n) is 5.08. The van der Waals surface area contributed by atoms with E-state index >= 15 is 0 Å². The molecule has 0 saturated carbocycles. The molecule has 0 saturated heterocycles. The normalized spacial score (nSPS) is 16.5. The van der Waals surface area contributed by atoms with E-state index in [2.05, 4.69) is 32.6 Å². The van der Waals surface area contributed by atoms with Crippen molar-refractivity contribution in [1.29, 1.82) is 0 Å². The van der Waals surface area contributed by atoms with Crippen LogP contribution in [0.1, 0.15) is 34.1 Å². The summed E-state index contributed by atoms with van der Waals surface area (Å²) in [5.41, 5.74) is 5.74. The molecule has 0 rings (SSSR count). The second-order valence-corrected chi connectivity index (χ2v) is 3.84. The maximum absolute atomic E-state index is 5.74. The van der Waals surface area contributed by atoms with Crippen molar-refractivity contribution in [2.75, 3.05) is 19.6 Å². The lowest BCUT2D eigenvalue weighted by atomic mass is 10.1. The summed E-state index contributed by atoms with van der Waals surface area (Å²) in [7, 11) is 0. The van der Waals surface area contributed by atoms with Crippen molar-refractivity contribution >= 4 is 0 Å². The van der Waals surface area contributed by atoms with E-state index in [1.807, 2.05) is 0 Å². The quantitative estimate of drug-likeness (QED) is 0.661. The van der Waals surface area contributed by atoms with Gasteiger partial charge in [-0.25, -0.2) is 0 Å².